The third kappa shape index (κ3) is 1.69. The van der Waals surface area contributed by atoms with E-state index in [-0.39, 0.29) is 6.04 Å². The molecule has 0 aromatic carbocycles. The second-order valence-electron chi connectivity index (χ2n) is 4.42. The maximum absolute atomic E-state index is 5.80. The van der Waals surface area contributed by atoms with Gasteiger partial charge in [-0.25, -0.2) is 4.99 Å². The van der Waals surface area contributed by atoms with Crippen molar-refractivity contribution < 1.29 is 0 Å². The first-order valence-electron chi connectivity index (χ1n) is 5.59. The summed E-state index contributed by atoms with van der Waals surface area (Å²) < 4.78 is 0. The number of hydrogen-bond donors (Lipinski definition) is 1. The van der Waals surface area contributed by atoms with Crippen LogP contribution in [0.3, 0.4) is 0 Å². The summed E-state index contributed by atoms with van der Waals surface area (Å²) in [6.45, 7) is 0.727. The van der Waals surface area contributed by atoms with Crippen LogP contribution < -0.4 is 5.32 Å². The molecule has 15 heavy (non-hydrogen) atoms. The van der Waals surface area contributed by atoms with E-state index in [4.69, 9.17) is 11.6 Å². The van der Waals surface area contributed by atoms with Gasteiger partial charge in [0.25, 0.3) is 0 Å². The minimum atomic E-state index is 0.281. The Morgan fingerprint density at radius 3 is 2.93 bits per heavy atom. The van der Waals surface area contributed by atoms with Gasteiger partial charge >= 0.3 is 0 Å². The Hall–Kier alpha value is -0.830. The van der Waals surface area contributed by atoms with E-state index in [0.29, 0.717) is 5.29 Å². The lowest BCUT2D eigenvalue weighted by Crippen LogP contribution is -2.35. The van der Waals surface area contributed by atoms with Gasteiger partial charge in [0.15, 0.2) is 0 Å². The van der Waals surface area contributed by atoms with E-state index in [1.54, 1.807) is 0 Å². The fourth-order valence-electron chi connectivity index (χ4n) is 2.61. The van der Waals surface area contributed by atoms with Crippen LogP contribution in [0.2, 0.25) is 0 Å². The van der Waals surface area contributed by atoms with E-state index in [1.807, 2.05) is 0 Å². The lowest BCUT2D eigenvalue weighted by atomic mass is 10.0. The molecule has 1 saturated carbocycles. The van der Waals surface area contributed by atoms with Crippen LogP contribution in [0.4, 0.5) is 0 Å². The molecule has 2 aliphatic heterocycles. The number of nitrogens with one attached hydrogen (secondary N) is 1. The fourth-order valence-corrected chi connectivity index (χ4v) is 2.77. The van der Waals surface area contributed by atoms with Gasteiger partial charge in [-0.15, -0.1) is 0 Å². The highest BCUT2D eigenvalue weighted by Gasteiger charge is 2.30. The van der Waals surface area contributed by atoms with Gasteiger partial charge in [0.1, 0.15) is 0 Å². The van der Waals surface area contributed by atoms with Gasteiger partial charge in [-0.05, 0) is 36.4 Å². The predicted octanol–water partition coefficient (Wildman–Crippen LogP) is 2.08. The molecule has 0 saturated heterocycles. The van der Waals surface area contributed by atoms with Crippen LogP contribution in [-0.2, 0) is 0 Å². The van der Waals surface area contributed by atoms with E-state index in [0.717, 1.165) is 18.2 Å². The van der Waals surface area contributed by atoms with E-state index in [2.05, 4.69) is 21.4 Å². The van der Waals surface area contributed by atoms with Gasteiger partial charge in [0.05, 0.1) is 18.3 Å². The number of aliphatic imine (C=N–C) groups is 2. The monoisotopic (exact) mass is 223 g/mol. The molecule has 2 heterocycles. The van der Waals surface area contributed by atoms with Crippen molar-refractivity contribution in [1.29, 1.82) is 0 Å². The second-order valence-corrected chi connectivity index (χ2v) is 4.76. The average Bonchev–Trinajstić information content (AvgIpc) is 2.84. The number of fused-ring (bicyclic) bond motifs is 1. The zero-order valence-corrected chi connectivity index (χ0v) is 9.30. The molecule has 3 nitrogen and oxygen atoms in total. The molecule has 0 amide bonds. The SMILES string of the molecule is ClC1=NCC2NC(C3CCCC3)=CC2=N1. The van der Waals surface area contributed by atoms with E-state index < -0.39 is 0 Å². The molecular weight excluding hydrogens is 210 g/mol. The van der Waals surface area contributed by atoms with E-state index in [1.165, 1.54) is 31.4 Å². The molecule has 1 N–H and O–H groups in total. The van der Waals surface area contributed by atoms with Crippen LogP contribution in [0.5, 0.6) is 0 Å². The minimum Gasteiger partial charge on any atom is -0.378 e. The van der Waals surface area contributed by atoms with Crippen molar-refractivity contribution in [3.63, 3.8) is 0 Å². The zero-order valence-electron chi connectivity index (χ0n) is 8.54. The smallest absolute Gasteiger partial charge is 0.218 e. The van der Waals surface area contributed by atoms with Crippen LogP contribution in [0.15, 0.2) is 21.8 Å². The molecule has 1 unspecified atom stereocenters. The Labute approximate surface area is 94.3 Å². The Morgan fingerprint density at radius 2 is 2.13 bits per heavy atom. The quantitative estimate of drug-likeness (QED) is 0.679. The molecule has 0 aromatic rings. The number of amidine groups is 1. The van der Waals surface area contributed by atoms with E-state index in [9.17, 15) is 0 Å². The van der Waals surface area contributed by atoms with Crippen LogP contribution in [-0.4, -0.2) is 23.6 Å². The van der Waals surface area contributed by atoms with Crippen molar-refractivity contribution in [3.05, 3.63) is 11.8 Å². The van der Waals surface area contributed by atoms with Gasteiger partial charge in [-0.3, -0.25) is 4.99 Å². The van der Waals surface area contributed by atoms with Gasteiger partial charge in [-0.2, -0.15) is 0 Å². The minimum absolute atomic E-state index is 0.281. The first-order chi connectivity index (χ1) is 7.33. The highest BCUT2D eigenvalue weighted by Crippen LogP contribution is 2.32. The predicted molar refractivity (Wildman–Crippen MR) is 62.6 cm³/mol. The van der Waals surface area contributed by atoms with Crippen molar-refractivity contribution >= 4 is 22.6 Å². The fraction of sp³-hybridized carbons (Fsp3) is 0.636. The molecule has 0 bridgehead atoms. The third-order valence-corrected chi connectivity index (χ3v) is 3.63. The Balaban J connectivity index is 1.81. The number of allylic oxidation sites excluding steroid dienone is 1. The number of halogens is 1. The number of rotatable bonds is 1. The van der Waals surface area contributed by atoms with Crippen LogP contribution in [0, 0.1) is 5.92 Å². The first kappa shape index (κ1) is 9.40. The lowest BCUT2D eigenvalue weighted by molar-refractivity contribution is 0.570. The molecule has 0 radical (unpaired) electrons. The molecule has 0 spiro atoms. The normalized spacial score (nSPS) is 30.5. The Morgan fingerprint density at radius 1 is 1.33 bits per heavy atom. The van der Waals surface area contributed by atoms with Crippen molar-refractivity contribution in [2.45, 2.75) is 31.7 Å². The summed E-state index contributed by atoms with van der Waals surface area (Å²) in [4.78, 5) is 8.39. The summed E-state index contributed by atoms with van der Waals surface area (Å²) in [5.41, 5.74) is 2.43. The standard InChI is InChI=1S/C11H14ClN3/c12-11-13-6-10-9(15-11)5-8(14-10)7-3-1-2-4-7/h5,7,10,14H,1-4,6H2. The second kappa shape index (κ2) is 3.63. The summed E-state index contributed by atoms with van der Waals surface area (Å²) in [6, 6.07) is 0.281. The molecule has 1 aliphatic carbocycles. The topological polar surface area (TPSA) is 36.8 Å². The van der Waals surface area contributed by atoms with Crippen molar-refractivity contribution in [1.82, 2.24) is 5.32 Å². The summed E-state index contributed by atoms with van der Waals surface area (Å²) in [5, 5.41) is 3.92. The average molecular weight is 224 g/mol. The molecule has 1 atom stereocenters. The van der Waals surface area contributed by atoms with Crippen molar-refractivity contribution in [3.8, 4) is 0 Å². The van der Waals surface area contributed by atoms with Crippen molar-refractivity contribution in [2.75, 3.05) is 6.54 Å². The molecular formula is C11H14ClN3. The molecule has 4 heteroatoms. The van der Waals surface area contributed by atoms with E-state index >= 15 is 0 Å². The maximum Gasteiger partial charge on any atom is 0.218 e. The highest BCUT2D eigenvalue weighted by atomic mass is 35.5. The third-order valence-electron chi connectivity index (χ3n) is 3.42. The first-order valence-corrected chi connectivity index (χ1v) is 5.97. The van der Waals surface area contributed by atoms with Crippen molar-refractivity contribution in [2.24, 2.45) is 15.9 Å². The number of hydrogen-bond acceptors (Lipinski definition) is 3. The maximum atomic E-state index is 5.80. The summed E-state index contributed by atoms with van der Waals surface area (Å²) >= 11 is 5.80. The summed E-state index contributed by atoms with van der Waals surface area (Å²) in [6.07, 6.45) is 7.52. The summed E-state index contributed by atoms with van der Waals surface area (Å²) in [7, 11) is 0. The highest BCUT2D eigenvalue weighted by molar-refractivity contribution is 6.66. The van der Waals surface area contributed by atoms with Gasteiger partial charge in [0.2, 0.25) is 5.29 Å². The zero-order chi connectivity index (χ0) is 10.3. The van der Waals surface area contributed by atoms with Gasteiger partial charge < -0.3 is 5.32 Å². The summed E-state index contributed by atoms with van der Waals surface area (Å²) in [5.74, 6) is 0.720. The molecule has 3 aliphatic rings. The number of nitrogens with zero attached hydrogens (tertiary/aromatic N) is 2. The van der Waals surface area contributed by atoms with Crippen LogP contribution in [0.25, 0.3) is 0 Å². The molecule has 0 aromatic heterocycles. The molecule has 3 rings (SSSR count). The Kier molecular flexibility index (Phi) is 2.28. The Bertz CT molecular complexity index is 364. The van der Waals surface area contributed by atoms with Crippen LogP contribution in [0.1, 0.15) is 25.7 Å². The largest absolute Gasteiger partial charge is 0.378 e. The lowest BCUT2D eigenvalue weighted by Gasteiger charge is -2.17. The molecule has 80 valence electrons. The molecule has 1 fully saturated rings. The van der Waals surface area contributed by atoms with Gasteiger partial charge in [0, 0.05) is 5.70 Å². The van der Waals surface area contributed by atoms with Gasteiger partial charge in [-0.1, -0.05) is 12.8 Å². The van der Waals surface area contributed by atoms with Crippen LogP contribution >= 0.6 is 11.6 Å².